The predicted molar refractivity (Wildman–Crippen MR) is 26.8 cm³/mol. The van der Waals surface area contributed by atoms with Gasteiger partial charge in [0.25, 0.3) is 0 Å². The quantitative estimate of drug-likeness (QED) is 0.577. The van der Waals surface area contributed by atoms with Crippen LogP contribution in [0.2, 0.25) is 0 Å². The molecule has 0 bridgehead atoms. The van der Waals surface area contributed by atoms with E-state index < -0.39 is 17.7 Å². The highest BCUT2D eigenvalue weighted by Gasteiger charge is 2.02. The van der Waals surface area contributed by atoms with Gasteiger partial charge in [-0.2, -0.15) is 4.21 Å². The van der Waals surface area contributed by atoms with Gasteiger partial charge >= 0.3 is 11.4 Å². The first-order chi connectivity index (χ1) is 3.66. The second-order valence-corrected chi connectivity index (χ2v) is 1.94. The Bertz CT molecular complexity index is 84.6. The molecule has 0 saturated heterocycles. The SMILES string of the molecule is COS(=O)OC(C)F. The van der Waals surface area contributed by atoms with Crippen LogP contribution in [-0.4, -0.2) is 17.7 Å². The van der Waals surface area contributed by atoms with Crippen LogP contribution in [0.5, 0.6) is 0 Å². The van der Waals surface area contributed by atoms with Crippen molar-refractivity contribution in [2.75, 3.05) is 7.11 Å². The lowest BCUT2D eigenvalue weighted by Gasteiger charge is -1.98. The maximum Gasteiger partial charge on any atom is 0.307 e. The van der Waals surface area contributed by atoms with Gasteiger partial charge in [0, 0.05) is 0 Å². The highest BCUT2D eigenvalue weighted by molar-refractivity contribution is 7.75. The maximum absolute atomic E-state index is 11.6. The molecule has 0 aromatic rings. The minimum absolute atomic E-state index is 1.12. The van der Waals surface area contributed by atoms with E-state index in [9.17, 15) is 8.60 Å². The molecule has 0 heterocycles. The monoisotopic (exact) mass is 142 g/mol. The van der Waals surface area contributed by atoms with Crippen LogP contribution in [-0.2, 0) is 19.7 Å². The summed E-state index contributed by atoms with van der Waals surface area (Å²) in [7, 11) is 1.17. The van der Waals surface area contributed by atoms with Crippen LogP contribution in [0.3, 0.4) is 0 Å². The Morgan fingerprint density at radius 1 is 1.75 bits per heavy atom. The first-order valence-electron chi connectivity index (χ1n) is 1.94. The molecule has 0 saturated carbocycles. The largest absolute Gasteiger partial charge is 0.307 e. The molecular weight excluding hydrogens is 135 g/mol. The standard InChI is InChI=1S/C3H7FO3S/c1-3(4)7-8(5)6-2/h3H,1-2H3. The van der Waals surface area contributed by atoms with Crippen LogP contribution >= 0.6 is 0 Å². The third-order valence-corrected chi connectivity index (χ3v) is 1.04. The summed E-state index contributed by atoms with van der Waals surface area (Å²) in [6, 6.07) is 0. The van der Waals surface area contributed by atoms with Crippen molar-refractivity contribution in [2.45, 2.75) is 13.3 Å². The molecule has 0 N–H and O–H groups in total. The van der Waals surface area contributed by atoms with E-state index in [1.165, 1.54) is 7.11 Å². The number of alkyl halides is 1. The van der Waals surface area contributed by atoms with Crippen molar-refractivity contribution in [1.29, 1.82) is 0 Å². The van der Waals surface area contributed by atoms with Crippen molar-refractivity contribution in [3.8, 4) is 0 Å². The molecule has 0 radical (unpaired) electrons. The Labute approximate surface area is 49.7 Å². The molecule has 50 valence electrons. The van der Waals surface area contributed by atoms with Gasteiger partial charge in [0.15, 0.2) is 0 Å². The molecule has 0 aromatic carbocycles. The average Bonchev–Trinajstić information content (AvgIpc) is 1.65. The van der Waals surface area contributed by atoms with E-state index in [1.54, 1.807) is 0 Å². The molecule has 0 rings (SSSR count). The highest BCUT2D eigenvalue weighted by atomic mass is 32.2. The van der Waals surface area contributed by atoms with E-state index in [-0.39, 0.29) is 0 Å². The smallest absolute Gasteiger partial charge is 0.272 e. The van der Waals surface area contributed by atoms with Gasteiger partial charge in [-0.3, -0.25) is 4.18 Å². The van der Waals surface area contributed by atoms with Gasteiger partial charge in [-0.25, -0.2) is 8.57 Å². The Morgan fingerprint density at radius 2 is 2.25 bits per heavy atom. The van der Waals surface area contributed by atoms with Crippen molar-refractivity contribution >= 4 is 11.4 Å². The molecule has 0 amide bonds. The van der Waals surface area contributed by atoms with E-state index in [4.69, 9.17) is 0 Å². The van der Waals surface area contributed by atoms with Crippen LogP contribution in [0.15, 0.2) is 0 Å². The molecule has 0 aliphatic carbocycles. The molecule has 2 unspecified atom stereocenters. The molecule has 0 aliphatic rings. The van der Waals surface area contributed by atoms with Crippen LogP contribution in [0.25, 0.3) is 0 Å². The maximum atomic E-state index is 11.6. The zero-order valence-corrected chi connectivity index (χ0v) is 5.40. The molecule has 3 nitrogen and oxygen atoms in total. The normalized spacial score (nSPS) is 17.9. The Morgan fingerprint density at radius 3 is 2.38 bits per heavy atom. The van der Waals surface area contributed by atoms with Crippen molar-refractivity contribution in [3.05, 3.63) is 0 Å². The summed E-state index contributed by atoms with van der Waals surface area (Å²) < 4.78 is 29.7. The summed E-state index contributed by atoms with van der Waals surface area (Å²) in [4.78, 5) is 0. The van der Waals surface area contributed by atoms with Crippen molar-refractivity contribution in [2.24, 2.45) is 0 Å². The van der Waals surface area contributed by atoms with Crippen LogP contribution < -0.4 is 0 Å². The number of hydrogen-bond donors (Lipinski definition) is 0. The first-order valence-corrected chi connectivity index (χ1v) is 2.94. The van der Waals surface area contributed by atoms with Gasteiger partial charge < -0.3 is 0 Å². The summed E-state index contributed by atoms with van der Waals surface area (Å²) in [6.45, 7) is 1.12. The Kier molecular flexibility index (Phi) is 3.94. The van der Waals surface area contributed by atoms with E-state index in [2.05, 4.69) is 8.37 Å². The first kappa shape index (κ1) is 8.00. The Balaban J connectivity index is 3.25. The minimum atomic E-state index is -1.93. The lowest BCUT2D eigenvalue weighted by molar-refractivity contribution is 0.0871. The number of halogens is 1. The fourth-order valence-corrected chi connectivity index (χ4v) is 0.443. The highest BCUT2D eigenvalue weighted by Crippen LogP contribution is 1.94. The van der Waals surface area contributed by atoms with Gasteiger partial charge in [0.05, 0.1) is 7.11 Å². The fourth-order valence-electron chi connectivity index (χ4n) is 0.148. The predicted octanol–water partition coefficient (Wildman–Crippen LogP) is 0.544. The summed E-state index contributed by atoms with van der Waals surface area (Å²) in [5.41, 5.74) is 0. The second kappa shape index (κ2) is 3.94. The van der Waals surface area contributed by atoms with E-state index in [0.717, 1.165) is 6.92 Å². The average molecular weight is 142 g/mol. The van der Waals surface area contributed by atoms with E-state index >= 15 is 0 Å². The van der Waals surface area contributed by atoms with Crippen molar-refractivity contribution in [3.63, 3.8) is 0 Å². The molecule has 0 fully saturated rings. The lowest BCUT2D eigenvalue weighted by Crippen LogP contribution is -2.04. The number of rotatable bonds is 3. The van der Waals surface area contributed by atoms with Gasteiger partial charge in [-0.15, -0.1) is 0 Å². The fraction of sp³-hybridized carbons (Fsp3) is 1.00. The zero-order valence-electron chi connectivity index (χ0n) is 4.59. The topological polar surface area (TPSA) is 35.5 Å². The van der Waals surface area contributed by atoms with Gasteiger partial charge in [-0.1, -0.05) is 0 Å². The lowest BCUT2D eigenvalue weighted by atomic mass is 10.8. The zero-order chi connectivity index (χ0) is 6.57. The minimum Gasteiger partial charge on any atom is -0.272 e. The third-order valence-electron chi connectivity index (χ3n) is 0.347. The molecule has 0 aliphatic heterocycles. The number of hydrogen-bond acceptors (Lipinski definition) is 3. The molecule has 2 atom stereocenters. The van der Waals surface area contributed by atoms with Gasteiger partial charge in [-0.05, 0) is 6.92 Å². The molecule has 8 heavy (non-hydrogen) atoms. The molecule has 0 aromatic heterocycles. The summed E-state index contributed by atoms with van der Waals surface area (Å²) in [5.74, 6) is 0. The van der Waals surface area contributed by atoms with Crippen LogP contribution in [0, 0.1) is 0 Å². The Hall–Kier alpha value is -0.0000000000000000278. The molecule has 0 spiro atoms. The van der Waals surface area contributed by atoms with Crippen LogP contribution in [0.1, 0.15) is 6.92 Å². The van der Waals surface area contributed by atoms with E-state index in [0.29, 0.717) is 0 Å². The van der Waals surface area contributed by atoms with Gasteiger partial charge in [0.2, 0.25) is 6.36 Å². The van der Waals surface area contributed by atoms with Crippen molar-refractivity contribution < 1.29 is 17.0 Å². The summed E-state index contributed by atoms with van der Waals surface area (Å²) >= 11 is -1.93. The van der Waals surface area contributed by atoms with Crippen LogP contribution in [0.4, 0.5) is 4.39 Å². The second-order valence-electron chi connectivity index (χ2n) is 1.01. The van der Waals surface area contributed by atoms with Crippen molar-refractivity contribution in [1.82, 2.24) is 0 Å². The summed E-state index contributed by atoms with van der Waals surface area (Å²) in [5, 5.41) is 0. The van der Waals surface area contributed by atoms with E-state index in [1.807, 2.05) is 0 Å². The third kappa shape index (κ3) is 4.17. The molecule has 5 heteroatoms. The van der Waals surface area contributed by atoms with Gasteiger partial charge in [0.1, 0.15) is 0 Å². The summed E-state index contributed by atoms with van der Waals surface area (Å²) in [6.07, 6.45) is -1.55. The molecular formula is C3H7FO3S.